The summed E-state index contributed by atoms with van der Waals surface area (Å²) in [7, 11) is 1.70. The molecule has 0 saturated heterocycles. The number of hydrogen-bond acceptors (Lipinski definition) is 4. The second-order valence-corrected chi connectivity index (χ2v) is 6.27. The third-order valence-corrected chi connectivity index (χ3v) is 3.74. The predicted molar refractivity (Wildman–Crippen MR) is 102 cm³/mol. The normalized spacial score (nSPS) is 10.5. The average molecular weight is 353 g/mol. The van der Waals surface area contributed by atoms with Gasteiger partial charge in [-0.1, -0.05) is 17.7 Å². The molecular formula is C20H23N3O3. The molecule has 0 atom stereocenters. The van der Waals surface area contributed by atoms with Crippen molar-refractivity contribution in [2.24, 2.45) is 0 Å². The van der Waals surface area contributed by atoms with Crippen LogP contribution in [0.25, 0.3) is 0 Å². The van der Waals surface area contributed by atoms with Gasteiger partial charge in [-0.05, 0) is 57.3 Å². The standard InChI is InChI=1S/C20H23N3O3/c1-14-4-8-17(9-5-14)21-19(25)12-23(3)13-20(26)22-18-10-6-16(7-11-18)15(2)24/h4-11H,12-13H2,1-3H3,(H,21,25)(H,22,26). The number of carbonyl (C=O) groups is 3. The molecule has 2 N–H and O–H groups in total. The van der Waals surface area contributed by atoms with E-state index in [1.807, 2.05) is 31.2 Å². The second-order valence-electron chi connectivity index (χ2n) is 6.27. The van der Waals surface area contributed by atoms with Crippen molar-refractivity contribution >= 4 is 29.0 Å². The maximum atomic E-state index is 12.1. The number of nitrogens with one attached hydrogen (secondary N) is 2. The van der Waals surface area contributed by atoms with E-state index >= 15 is 0 Å². The number of aryl methyl sites for hydroxylation is 1. The number of likely N-dealkylation sites (N-methyl/N-ethyl adjacent to an activating group) is 1. The van der Waals surface area contributed by atoms with Gasteiger partial charge in [-0.3, -0.25) is 19.3 Å². The van der Waals surface area contributed by atoms with Crippen LogP contribution >= 0.6 is 0 Å². The minimum Gasteiger partial charge on any atom is -0.325 e. The van der Waals surface area contributed by atoms with Gasteiger partial charge in [-0.2, -0.15) is 0 Å². The number of Topliss-reactive ketones (excluding diaryl/α,β-unsaturated/α-hetero) is 1. The zero-order chi connectivity index (χ0) is 19.1. The number of rotatable bonds is 7. The Morgan fingerprint density at radius 2 is 1.23 bits per heavy atom. The molecule has 0 heterocycles. The van der Waals surface area contributed by atoms with Crippen molar-refractivity contribution in [1.29, 1.82) is 0 Å². The monoisotopic (exact) mass is 353 g/mol. The second kappa shape index (κ2) is 8.92. The predicted octanol–water partition coefficient (Wildman–Crippen LogP) is 2.71. The van der Waals surface area contributed by atoms with E-state index in [0.717, 1.165) is 11.3 Å². The van der Waals surface area contributed by atoms with E-state index in [4.69, 9.17) is 0 Å². The molecule has 2 aromatic rings. The van der Waals surface area contributed by atoms with Crippen LogP contribution in [0.5, 0.6) is 0 Å². The Balaban J connectivity index is 1.79. The first-order chi connectivity index (χ1) is 12.3. The molecule has 0 fully saturated rings. The van der Waals surface area contributed by atoms with Crippen LogP contribution < -0.4 is 10.6 Å². The van der Waals surface area contributed by atoms with E-state index in [1.165, 1.54) is 6.92 Å². The Kier molecular flexibility index (Phi) is 6.63. The van der Waals surface area contributed by atoms with E-state index in [2.05, 4.69) is 10.6 Å². The number of amides is 2. The molecule has 2 amide bonds. The Morgan fingerprint density at radius 1 is 0.808 bits per heavy atom. The van der Waals surface area contributed by atoms with Gasteiger partial charge in [0.05, 0.1) is 13.1 Å². The largest absolute Gasteiger partial charge is 0.325 e. The molecule has 26 heavy (non-hydrogen) atoms. The molecule has 0 unspecified atom stereocenters. The number of benzene rings is 2. The summed E-state index contributed by atoms with van der Waals surface area (Å²) in [6.07, 6.45) is 0. The zero-order valence-electron chi connectivity index (χ0n) is 15.2. The lowest BCUT2D eigenvalue weighted by Crippen LogP contribution is -2.36. The molecule has 136 valence electrons. The summed E-state index contributed by atoms with van der Waals surface area (Å²) in [5.41, 5.74) is 3.04. The Hall–Kier alpha value is -2.99. The third-order valence-electron chi connectivity index (χ3n) is 3.74. The van der Waals surface area contributed by atoms with Crippen LogP contribution in [0, 0.1) is 6.92 Å². The van der Waals surface area contributed by atoms with Crippen molar-refractivity contribution in [2.45, 2.75) is 13.8 Å². The summed E-state index contributed by atoms with van der Waals surface area (Å²) in [5, 5.41) is 5.54. The number of ketones is 1. The van der Waals surface area contributed by atoms with Crippen LogP contribution in [0.1, 0.15) is 22.8 Å². The summed E-state index contributed by atoms with van der Waals surface area (Å²) in [6, 6.07) is 14.2. The fraction of sp³-hybridized carbons (Fsp3) is 0.250. The van der Waals surface area contributed by atoms with Crippen LogP contribution in [-0.2, 0) is 9.59 Å². The average Bonchev–Trinajstić information content (AvgIpc) is 2.57. The Labute approximate surface area is 153 Å². The van der Waals surface area contributed by atoms with Crippen LogP contribution in [0.3, 0.4) is 0 Å². The van der Waals surface area contributed by atoms with Crippen LogP contribution in [0.2, 0.25) is 0 Å². The molecule has 6 nitrogen and oxygen atoms in total. The van der Waals surface area contributed by atoms with Gasteiger partial charge in [-0.15, -0.1) is 0 Å². The molecule has 0 spiro atoms. The van der Waals surface area contributed by atoms with Crippen molar-refractivity contribution in [3.63, 3.8) is 0 Å². The molecule has 0 aliphatic heterocycles. The van der Waals surface area contributed by atoms with E-state index in [-0.39, 0.29) is 30.7 Å². The van der Waals surface area contributed by atoms with Gasteiger partial charge in [-0.25, -0.2) is 0 Å². The summed E-state index contributed by atoms with van der Waals surface area (Å²) in [4.78, 5) is 37.0. The van der Waals surface area contributed by atoms with Crippen LogP contribution in [0.15, 0.2) is 48.5 Å². The zero-order valence-corrected chi connectivity index (χ0v) is 15.2. The lowest BCUT2D eigenvalue weighted by Gasteiger charge is -2.16. The van der Waals surface area contributed by atoms with Crippen molar-refractivity contribution in [3.05, 3.63) is 59.7 Å². The van der Waals surface area contributed by atoms with Gasteiger partial charge in [0.15, 0.2) is 5.78 Å². The quantitative estimate of drug-likeness (QED) is 0.750. The number of anilines is 2. The lowest BCUT2D eigenvalue weighted by molar-refractivity contribution is -0.119. The SMILES string of the molecule is CC(=O)c1ccc(NC(=O)CN(C)CC(=O)Nc2ccc(C)cc2)cc1. The van der Waals surface area contributed by atoms with Gasteiger partial charge in [0.25, 0.3) is 0 Å². The van der Waals surface area contributed by atoms with Gasteiger partial charge >= 0.3 is 0 Å². The maximum Gasteiger partial charge on any atom is 0.238 e. The van der Waals surface area contributed by atoms with Gasteiger partial charge in [0, 0.05) is 16.9 Å². The molecule has 2 rings (SSSR count). The molecule has 0 radical (unpaired) electrons. The highest BCUT2D eigenvalue weighted by molar-refractivity contribution is 5.96. The maximum absolute atomic E-state index is 12.1. The number of nitrogens with zero attached hydrogens (tertiary/aromatic N) is 1. The fourth-order valence-corrected chi connectivity index (χ4v) is 2.37. The van der Waals surface area contributed by atoms with E-state index in [0.29, 0.717) is 11.3 Å². The molecule has 0 aromatic heterocycles. The fourth-order valence-electron chi connectivity index (χ4n) is 2.37. The minimum atomic E-state index is -0.230. The molecular weight excluding hydrogens is 330 g/mol. The summed E-state index contributed by atoms with van der Waals surface area (Å²) in [6.45, 7) is 3.65. The first kappa shape index (κ1) is 19.3. The van der Waals surface area contributed by atoms with Crippen molar-refractivity contribution in [1.82, 2.24) is 4.90 Å². The highest BCUT2D eigenvalue weighted by Crippen LogP contribution is 2.10. The minimum absolute atomic E-state index is 0.0257. The molecule has 6 heteroatoms. The number of hydrogen-bond donors (Lipinski definition) is 2. The summed E-state index contributed by atoms with van der Waals surface area (Å²) in [5.74, 6) is -0.441. The van der Waals surface area contributed by atoms with E-state index < -0.39 is 0 Å². The van der Waals surface area contributed by atoms with Crippen molar-refractivity contribution in [3.8, 4) is 0 Å². The first-order valence-electron chi connectivity index (χ1n) is 8.29. The smallest absolute Gasteiger partial charge is 0.238 e. The Bertz CT molecular complexity index is 783. The topological polar surface area (TPSA) is 78.5 Å². The molecule has 2 aromatic carbocycles. The van der Waals surface area contributed by atoms with Crippen molar-refractivity contribution in [2.75, 3.05) is 30.8 Å². The molecule has 0 bridgehead atoms. The van der Waals surface area contributed by atoms with E-state index in [1.54, 1.807) is 36.2 Å². The van der Waals surface area contributed by atoms with Crippen LogP contribution in [-0.4, -0.2) is 42.6 Å². The van der Waals surface area contributed by atoms with Gasteiger partial charge in [0.1, 0.15) is 0 Å². The first-order valence-corrected chi connectivity index (χ1v) is 8.29. The summed E-state index contributed by atoms with van der Waals surface area (Å²) >= 11 is 0. The third kappa shape index (κ3) is 6.14. The van der Waals surface area contributed by atoms with Gasteiger partial charge < -0.3 is 10.6 Å². The molecule has 0 saturated carbocycles. The Morgan fingerprint density at radius 3 is 1.65 bits per heavy atom. The molecule has 0 aliphatic rings. The van der Waals surface area contributed by atoms with Crippen molar-refractivity contribution < 1.29 is 14.4 Å². The lowest BCUT2D eigenvalue weighted by atomic mass is 10.1. The van der Waals surface area contributed by atoms with Gasteiger partial charge in [0.2, 0.25) is 11.8 Å². The summed E-state index contributed by atoms with van der Waals surface area (Å²) < 4.78 is 0. The number of carbonyl (C=O) groups excluding carboxylic acids is 3. The highest BCUT2D eigenvalue weighted by Gasteiger charge is 2.11. The van der Waals surface area contributed by atoms with E-state index in [9.17, 15) is 14.4 Å². The van der Waals surface area contributed by atoms with Crippen LogP contribution in [0.4, 0.5) is 11.4 Å². The molecule has 0 aliphatic carbocycles. The highest BCUT2D eigenvalue weighted by atomic mass is 16.2.